The van der Waals surface area contributed by atoms with Crippen LogP contribution in [0, 0.1) is 10.1 Å². The van der Waals surface area contributed by atoms with Crippen molar-refractivity contribution in [2.45, 2.75) is 11.8 Å². The van der Waals surface area contributed by atoms with Crippen molar-refractivity contribution in [3.63, 3.8) is 0 Å². The van der Waals surface area contributed by atoms with E-state index in [-0.39, 0.29) is 23.4 Å². The van der Waals surface area contributed by atoms with E-state index in [4.69, 9.17) is 4.52 Å². The molecule has 0 N–H and O–H groups in total. The number of benzene rings is 2. The molecule has 1 aromatic heterocycles. The Hall–Kier alpha value is -2.87. The van der Waals surface area contributed by atoms with Crippen LogP contribution >= 0.6 is 11.8 Å². The molecule has 1 saturated heterocycles. The second-order valence-corrected chi connectivity index (χ2v) is 7.15. The third kappa shape index (κ3) is 3.03. The normalized spacial score (nSPS) is 16.9. The third-order valence-electron chi connectivity index (χ3n) is 4.37. The smallest absolute Gasteiger partial charge is 0.269 e. The summed E-state index contributed by atoms with van der Waals surface area (Å²) < 4.78 is 5.27. The van der Waals surface area contributed by atoms with Gasteiger partial charge in [0, 0.05) is 29.8 Å². The highest BCUT2D eigenvalue weighted by Crippen LogP contribution is 2.38. The summed E-state index contributed by atoms with van der Waals surface area (Å²) in [6, 6.07) is 13.8. The van der Waals surface area contributed by atoms with E-state index < -0.39 is 4.92 Å². The number of hydrogen-bond acceptors (Lipinski definition) is 6. The predicted octanol–water partition coefficient (Wildman–Crippen LogP) is 3.55. The standard InChI is InChI=1S/C18H15N3O4S/c22-17(11-15-14-3-1-2-4-16(14)25-19-15)20-9-10-26-18(20)12-5-7-13(8-6-12)21(23)24/h1-8,18H,9-11H2. The zero-order chi connectivity index (χ0) is 18.1. The highest BCUT2D eigenvalue weighted by molar-refractivity contribution is 7.99. The largest absolute Gasteiger partial charge is 0.356 e. The van der Waals surface area contributed by atoms with Crippen molar-refractivity contribution in [1.29, 1.82) is 0 Å². The minimum atomic E-state index is -0.426. The SMILES string of the molecule is O=C(Cc1noc2ccccc12)N1CCSC1c1ccc([N+](=O)[O-])cc1. The molecule has 26 heavy (non-hydrogen) atoms. The Bertz CT molecular complexity index is 970. The summed E-state index contributed by atoms with van der Waals surface area (Å²) in [7, 11) is 0. The van der Waals surface area contributed by atoms with Crippen LogP contribution in [-0.4, -0.2) is 33.2 Å². The van der Waals surface area contributed by atoms with E-state index in [9.17, 15) is 14.9 Å². The molecule has 7 nitrogen and oxygen atoms in total. The van der Waals surface area contributed by atoms with Gasteiger partial charge in [0.25, 0.3) is 5.69 Å². The van der Waals surface area contributed by atoms with E-state index in [0.717, 1.165) is 16.7 Å². The Morgan fingerprint density at radius 1 is 1.27 bits per heavy atom. The highest BCUT2D eigenvalue weighted by atomic mass is 32.2. The third-order valence-corrected chi connectivity index (χ3v) is 5.63. The molecule has 0 radical (unpaired) electrons. The van der Waals surface area contributed by atoms with E-state index in [2.05, 4.69) is 5.16 Å². The van der Waals surface area contributed by atoms with Gasteiger partial charge >= 0.3 is 0 Å². The molecule has 8 heteroatoms. The van der Waals surface area contributed by atoms with Crippen LogP contribution in [0.4, 0.5) is 5.69 Å². The van der Waals surface area contributed by atoms with Gasteiger partial charge in [0.15, 0.2) is 5.58 Å². The number of non-ortho nitro benzene ring substituents is 1. The number of fused-ring (bicyclic) bond motifs is 1. The van der Waals surface area contributed by atoms with E-state index >= 15 is 0 Å². The van der Waals surface area contributed by atoms with Crippen molar-refractivity contribution in [3.8, 4) is 0 Å². The maximum absolute atomic E-state index is 12.8. The first-order chi connectivity index (χ1) is 12.6. The Morgan fingerprint density at radius 3 is 2.81 bits per heavy atom. The van der Waals surface area contributed by atoms with Crippen molar-refractivity contribution in [3.05, 3.63) is 69.9 Å². The van der Waals surface area contributed by atoms with Crippen LogP contribution in [0.3, 0.4) is 0 Å². The Labute approximate surface area is 153 Å². The summed E-state index contributed by atoms with van der Waals surface area (Å²) in [5.74, 6) is 0.796. The van der Waals surface area contributed by atoms with Crippen LogP contribution < -0.4 is 0 Å². The van der Waals surface area contributed by atoms with Gasteiger partial charge in [0.2, 0.25) is 5.91 Å². The van der Waals surface area contributed by atoms with Gasteiger partial charge in [-0.1, -0.05) is 17.3 Å². The lowest BCUT2D eigenvalue weighted by Crippen LogP contribution is -2.31. The molecule has 0 spiro atoms. The van der Waals surface area contributed by atoms with Crippen molar-refractivity contribution in [2.24, 2.45) is 0 Å². The Kier molecular flexibility index (Phi) is 4.34. The van der Waals surface area contributed by atoms with Gasteiger partial charge in [0.1, 0.15) is 11.1 Å². The zero-order valence-electron chi connectivity index (χ0n) is 13.7. The van der Waals surface area contributed by atoms with Gasteiger partial charge in [-0.2, -0.15) is 0 Å². The monoisotopic (exact) mass is 369 g/mol. The molecule has 1 aliphatic heterocycles. The summed E-state index contributed by atoms with van der Waals surface area (Å²) in [5, 5.41) is 15.6. The van der Waals surface area contributed by atoms with Crippen molar-refractivity contribution < 1.29 is 14.2 Å². The second-order valence-electron chi connectivity index (χ2n) is 5.96. The number of aromatic nitrogens is 1. The minimum absolute atomic E-state index is 0.0302. The van der Waals surface area contributed by atoms with Gasteiger partial charge < -0.3 is 9.42 Å². The number of nitro groups is 1. The average molecular weight is 369 g/mol. The molecule has 0 bridgehead atoms. The number of thioether (sulfide) groups is 1. The van der Waals surface area contributed by atoms with E-state index in [1.54, 1.807) is 28.8 Å². The lowest BCUT2D eigenvalue weighted by molar-refractivity contribution is -0.384. The number of hydrogen-bond donors (Lipinski definition) is 0. The Morgan fingerprint density at radius 2 is 2.04 bits per heavy atom. The first kappa shape index (κ1) is 16.6. The number of nitrogens with zero attached hydrogens (tertiary/aromatic N) is 3. The quantitative estimate of drug-likeness (QED) is 0.516. The fraction of sp³-hybridized carbons (Fsp3) is 0.222. The molecule has 132 valence electrons. The van der Waals surface area contributed by atoms with Gasteiger partial charge in [-0.15, -0.1) is 11.8 Å². The van der Waals surface area contributed by atoms with Crippen molar-refractivity contribution in [2.75, 3.05) is 12.3 Å². The number of carbonyl (C=O) groups is 1. The molecule has 1 amide bonds. The molecule has 0 saturated carbocycles. The topological polar surface area (TPSA) is 89.5 Å². The molecule has 4 rings (SSSR count). The molecular formula is C18H15N3O4S. The number of amides is 1. The van der Waals surface area contributed by atoms with E-state index in [0.29, 0.717) is 17.8 Å². The van der Waals surface area contributed by atoms with Crippen LogP contribution in [0.2, 0.25) is 0 Å². The summed E-state index contributed by atoms with van der Waals surface area (Å²) in [5.41, 5.74) is 2.23. The number of para-hydroxylation sites is 1. The summed E-state index contributed by atoms with van der Waals surface area (Å²) in [6.07, 6.45) is 0.168. The molecule has 1 unspecified atom stereocenters. The zero-order valence-corrected chi connectivity index (χ0v) is 14.5. The second kappa shape index (κ2) is 6.80. The van der Waals surface area contributed by atoms with E-state index in [1.807, 2.05) is 24.3 Å². The number of carbonyl (C=O) groups excluding carboxylic acids is 1. The highest BCUT2D eigenvalue weighted by Gasteiger charge is 2.31. The van der Waals surface area contributed by atoms with Gasteiger partial charge in [-0.05, 0) is 29.8 Å². The summed E-state index contributed by atoms with van der Waals surface area (Å²) >= 11 is 1.65. The fourth-order valence-electron chi connectivity index (χ4n) is 3.07. The summed E-state index contributed by atoms with van der Waals surface area (Å²) in [6.45, 7) is 0.640. The Balaban J connectivity index is 1.54. The number of rotatable bonds is 4. The predicted molar refractivity (Wildman–Crippen MR) is 97.7 cm³/mol. The molecule has 3 aromatic rings. The van der Waals surface area contributed by atoms with Crippen LogP contribution in [0.15, 0.2) is 53.1 Å². The van der Waals surface area contributed by atoms with Crippen LogP contribution in [0.5, 0.6) is 0 Å². The molecule has 1 aliphatic rings. The maximum Gasteiger partial charge on any atom is 0.269 e. The van der Waals surface area contributed by atoms with Crippen LogP contribution in [0.25, 0.3) is 11.0 Å². The lowest BCUT2D eigenvalue weighted by atomic mass is 10.1. The van der Waals surface area contributed by atoms with Gasteiger partial charge in [0.05, 0.1) is 11.3 Å². The fourth-order valence-corrected chi connectivity index (χ4v) is 4.35. The first-order valence-electron chi connectivity index (χ1n) is 8.12. The van der Waals surface area contributed by atoms with Gasteiger partial charge in [-0.3, -0.25) is 14.9 Å². The minimum Gasteiger partial charge on any atom is -0.356 e. The van der Waals surface area contributed by atoms with Gasteiger partial charge in [-0.25, -0.2) is 0 Å². The summed E-state index contributed by atoms with van der Waals surface area (Å²) in [4.78, 5) is 25.0. The molecule has 0 aliphatic carbocycles. The molecular weight excluding hydrogens is 354 g/mol. The average Bonchev–Trinajstić information content (AvgIpc) is 3.29. The lowest BCUT2D eigenvalue weighted by Gasteiger charge is -2.23. The molecule has 2 aromatic carbocycles. The van der Waals surface area contributed by atoms with Crippen molar-refractivity contribution in [1.82, 2.24) is 10.1 Å². The molecule has 2 heterocycles. The van der Waals surface area contributed by atoms with Crippen molar-refractivity contribution >= 4 is 34.3 Å². The first-order valence-corrected chi connectivity index (χ1v) is 9.17. The van der Waals surface area contributed by atoms with E-state index in [1.165, 1.54) is 12.1 Å². The maximum atomic E-state index is 12.8. The number of nitro benzene ring substituents is 1. The molecule has 1 atom stereocenters. The molecule has 1 fully saturated rings. The van der Waals surface area contributed by atoms with Crippen LogP contribution in [-0.2, 0) is 11.2 Å². The van der Waals surface area contributed by atoms with Crippen LogP contribution in [0.1, 0.15) is 16.6 Å².